The normalized spacial score (nSPS) is 17.1. The van der Waals surface area contributed by atoms with Gasteiger partial charge in [0.2, 0.25) is 0 Å². The summed E-state index contributed by atoms with van der Waals surface area (Å²) in [6, 6.07) is 6.02. The Labute approximate surface area is 91.8 Å². The Hall–Kier alpha value is -0.0500. The molecule has 0 saturated carbocycles. The van der Waals surface area contributed by atoms with E-state index in [-0.39, 0.29) is 0 Å². The van der Waals surface area contributed by atoms with E-state index in [2.05, 4.69) is 26.9 Å². The van der Waals surface area contributed by atoms with E-state index in [1.807, 2.05) is 12.1 Å². The molecule has 0 aliphatic carbocycles. The van der Waals surface area contributed by atoms with Crippen LogP contribution in [0.2, 0.25) is 5.02 Å². The van der Waals surface area contributed by atoms with Crippen LogP contribution in [0.15, 0.2) is 22.7 Å². The van der Waals surface area contributed by atoms with Gasteiger partial charge in [0.1, 0.15) is 0 Å². The standard InChI is InChI=1S/C10H11BrClN/c11-9-2-3-10(12)8(6-9)7-13-4-1-5-13/h2-3,6H,1,4-5,7H2. The van der Waals surface area contributed by atoms with Crippen molar-refractivity contribution in [2.24, 2.45) is 0 Å². The lowest BCUT2D eigenvalue weighted by atomic mass is 10.1. The fraction of sp³-hybridized carbons (Fsp3) is 0.400. The van der Waals surface area contributed by atoms with E-state index in [4.69, 9.17) is 11.6 Å². The van der Waals surface area contributed by atoms with Crippen LogP contribution in [-0.2, 0) is 6.54 Å². The van der Waals surface area contributed by atoms with E-state index in [0.717, 1.165) is 16.0 Å². The molecule has 1 heterocycles. The molecule has 1 aliphatic rings. The second-order valence-corrected chi connectivity index (χ2v) is 4.69. The monoisotopic (exact) mass is 259 g/mol. The van der Waals surface area contributed by atoms with Gasteiger partial charge in [-0.25, -0.2) is 0 Å². The van der Waals surface area contributed by atoms with Crippen LogP contribution >= 0.6 is 27.5 Å². The molecule has 1 saturated heterocycles. The molecule has 13 heavy (non-hydrogen) atoms. The highest BCUT2D eigenvalue weighted by Crippen LogP contribution is 2.23. The molecular weight excluding hydrogens is 249 g/mol. The Morgan fingerprint density at radius 2 is 2.15 bits per heavy atom. The molecule has 0 spiro atoms. The number of nitrogens with zero attached hydrogens (tertiary/aromatic N) is 1. The second kappa shape index (κ2) is 3.99. The highest BCUT2D eigenvalue weighted by Gasteiger charge is 2.15. The second-order valence-electron chi connectivity index (χ2n) is 3.37. The molecule has 1 aromatic carbocycles. The van der Waals surface area contributed by atoms with Gasteiger partial charge in [-0.15, -0.1) is 0 Å². The van der Waals surface area contributed by atoms with Gasteiger partial charge in [-0.1, -0.05) is 27.5 Å². The highest BCUT2D eigenvalue weighted by molar-refractivity contribution is 9.10. The molecule has 1 nitrogen and oxygen atoms in total. The summed E-state index contributed by atoms with van der Waals surface area (Å²) in [5.41, 5.74) is 1.22. The van der Waals surface area contributed by atoms with Crippen molar-refractivity contribution in [1.82, 2.24) is 4.90 Å². The molecule has 0 radical (unpaired) electrons. The molecule has 0 amide bonds. The van der Waals surface area contributed by atoms with Crippen LogP contribution in [0.3, 0.4) is 0 Å². The fourth-order valence-electron chi connectivity index (χ4n) is 1.45. The lowest BCUT2D eigenvalue weighted by Gasteiger charge is -2.30. The Morgan fingerprint density at radius 1 is 1.38 bits per heavy atom. The SMILES string of the molecule is Clc1ccc(Br)cc1CN1CCC1. The van der Waals surface area contributed by atoms with Gasteiger partial charge in [0.25, 0.3) is 0 Å². The minimum atomic E-state index is 0.870. The quantitative estimate of drug-likeness (QED) is 0.788. The Balaban J connectivity index is 2.13. The van der Waals surface area contributed by atoms with Gasteiger partial charge in [0.05, 0.1) is 0 Å². The van der Waals surface area contributed by atoms with E-state index in [1.165, 1.54) is 25.1 Å². The number of hydrogen-bond donors (Lipinski definition) is 0. The van der Waals surface area contributed by atoms with Gasteiger partial charge in [-0.3, -0.25) is 4.90 Å². The van der Waals surface area contributed by atoms with Gasteiger partial charge in [-0.05, 0) is 43.3 Å². The molecule has 0 unspecified atom stereocenters. The molecular formula is C10H11BrClN. The summed E-state index contributed by atoms with van der Waals surface area (Å²) in [4.78, 5) is 2.40. The summed E-state index contributed by atoms with van der Waals surface area (Å²) in [5.74, 6) is 0. The lowest BCUT2D eigenvalue weighted by Crippen LogP contribution is -2.36. The predicted octanol–water partition coefficient (Wildman–Crippen LogP) is 3.31. The van der Waals surface area contributed by atoms with E-state index >= 15 is 0 Å². The Morgan fingerprint density at radius 3 is 2.77 bits per heavy atom. The van der Waals surface area contributed by atoms with Gasteiger partial charge in [0.15, 0.2) is 0 Å². The van der Waals surface area contributed by atoms with Crippen LogP contribution in [0.1, 0.15) is 12.0 Å². The van der Waals surface area contributed by atoms with E-state index in [1.54, 1.807) is 0 Å². The van der Waals surface area contributed by atoms with Crippen LogP contribution < -0.4 is 0 Å². The van der Waals surface area contributed by atoms with Crippen molar-refractivity contribution in [2.45, 2.75) is 13.0 Å². The summed E-state index contributed by atoms with van der Waals surface area (Å²) in [6.45, 7) is 3.41. The third kappa shape index (κ3) is 2.25. The van der Waals surface area contributed by atoms with Crippen molar-refractivity contribution in [3.05, 3.63) is 33.3 Å². The third-order valence-electron chi connectivity index (χ3n) is 2.35. The van der Waals surface area contributed by atoms with E-state index in [9.17, 15) is 0 Å². The highest BCUT2D eigenvalue weighted by atomic mass is 79.9. The van der Waals surface area contributed by atoms with Gasteiger partial charge in [0, 0.05) is 16.0 Å². The van der Waals surface area contributed by atoms with Gasteiger partial charge >= 0.3 is 0 Å². The molecule has 2 rings (SSSR count). The van der Waals surface area contributed by atoms with Crippen molar-refractivity contribution >= 4 is 27.5 Å². The summed E-state index contributed by atoms with van der Waals surface area (Å²) in [6.07, 6.45) is 1.33. The Kier molecular flexibility index (Phi) is 2.92. The van der Waals surface area contributed by atoms with E-state index < -0.39 is 0 Å². The zero-order valence-corrected chi connectivity index (χ0v) is 9.61. The van der Waals surface area contributed by atoms with Crippen molar-refractivity contribution in [2.75, 3.05) is 13.1 Å². The van der Waals surface area contributed by atoms with Crippen LogP contribution in [-0.4, -0.2) is 18.0 Å². The van der Waals surface area contributed by atoms with Crippen LogP contribution in [0.4, 0.5) is 0 Å². The van der Waals surface area contributed by atoms with E-state index in [0.29, 0.717) is 0 Å². The molecule has 0 atom stereocenters. The first kappa shape index (κ1) is 9.50. The number of hydrogen-bond acceptors (Lipinski definition) is 1. The summed E-state index contributed by atoms with van der Waals surface area (Å²) in [7, 11) is 0. The first-order chi connectivity index (χ1) is 6.25. The van der Waals surface area contributed by atoms with Gasteiger partial charge in [-0.2, -0.15) is 0 Å². The lowest BCUT2D eigenvalue weighted by molar-refractivity contribution is 0.172. The van der Waals surface area contributed by atoms with Crippen molar-refractivity contribution in [3.63, 3.8) is 0 Å². The Bertz CT molecular complexity index is 310. The maximum absolute atomic E-state index is 6.07. The first-order valence-electron chi connectivity index (χ1n) is 4.42. The fourth-order valence-corrected chi connectivity index (χ4v) is 2.03. The maximum atomic E-state index is 6.07. The van der Waals surface area contributed by atoms with Crippen LogP contribution in [0.25, 0.3) is 0 Å². The van der Waals surface area contributed by atoms with Gasteiger partial charge < -0.3 is 0 Å². The van der Waals surface area contributed by atoms with Crippen LogP contribution in [0.5, 0.6) is 0 Å². The summed E-state index contributed by atoms with van der Waals surface area (Å²) in [5, 5.41) is 0.870. The molecule has 0 aromatic heterocycles. The van der Waals surface area contributed by atoms with Crippen molar-refractivity contribution in [3.8, 4) is 0 Å². The number of likely N-dealkylation sites (tertiary alicyclic amines) is 1. The average molecular weight is 261 g/mol. The van der Waals surface area contributed by atoms with Crippen molar-refractivity contribution in [1.29, 1.82) is 0 Å². The smallest absolute Gasteiger partial charge is 0.0451 e. The zero-order valence-electron chi connectivity index (χ0n) is 7.26. The van der Waals surface area contributed by atoms with Crippen molar-refractivity contribution < 1.29 is 0 Å². The molecule has 70 valence electrons. The minimum absolute atomic E-state index is 0.870. The van der Waals surface area contributed by atoms with Crippen LogP contribution in [0, 0.1) is 0 Å². The molecule has 0 bridgehead atoms. The maximum Gasteiger partial charge on any atom is 0.0451 e. The summed E-state index contributed by atoms with van der Waals surface area (Å²) >= 11 is 9.52. The molecule has 1 aliphatic heterocycles. The summed E-state index contributed by atoms with van der Waals surface area (Å²) < 4.78 is 1.10. The average Bonchev–Trinajstić information content (AvgIpc) is 2.03. The predicted molar refractivity (Wildman–Crippen MR) is 59.0 cm³/mol. The molecule has 3 heteroatoms. The topological polar surface area (TPSA) is 3.24 Å². The largest absolute Gasteiger partial charge is 0.299 e. The first-order valence-corrected chi connectivity index (χ1v) is 5.59. The number of rotatable bonds is 2. The zero-order chi connectivity index (χ0) is 9.26. The molecule has 1 aromatic rings. The number of halogens is 2. The minimum Gasteiger partial charge on any atom is -0.299 e. The third-order valence-corrected chi connectivity index (χ3v) is 3.21. The number of benzene rings is 1. The molecule has 1 fully saturated rings. The molecule has 0 N–H and O–H groups in total.